The van der Waals surface area contributed by atoms with Gasteiger partial charge in [0, 0.05) is 22.9 Å². The van der Waals surface area contributed by atoms with Crippen LogP contribution in [0.1, 0.15) is 12.6 Å². The van der Waals surface area contributed by atoms with Crippen molar-refractivity contribution in [1.29, 1.82) is 0 Å². The van der Waals surface area contributed by atoms with Gasteiger partial charge < -0.3 is 20.4 Å². The Bertz CT molecular complexity index is 2840. The zero-order valence-electron chi connectivity index (χ0n) is 30.6. The Morgan fingerprint density at radius 2 is 1.23 bits per heavy atom. The number of aryl methyl sites for hydroxylation is 1. The molecule has 16 nitrogen and oxygen atoms in total. The third-order valence-corrected chi connectivity index (χ3v) is 10.0. The van der Waals surface area contributed by atoms with E-state index in [4.69, 9.17) is 11.6 Å². The number of hydrogen-bond acceptors (Lipinski definition) is 14. The number of aliphatic imine (C=N–C) groups is 1. The monoisotopic (exact) mass is 876 g/mol. The molecule has 0 spiro atoms. The van der Waals surface area contributed by atoms with Gasteiger partial charge in [0.2, 0.25) is 0 Å². The van der Waals surface area contributed by atoms with Gasteiger partial charge in [-0.2, -0.15) is 15.3 Å². The van der Waals surface area contributed by atoms with Crippen LogP contribution < -0.4 is 55.5 Å². The molecule has 0 saturated heterocycles. The summed E-state index contributed by atoms with van der Waals surface area (Å²) in [6.07, 6.45) is 2.03. The standard InChI is InChI=1S/C19H17N3O5S.C17H15ClN4O4S.Cr.Na/c1-11(23)20-14-5-3-4-12-6-8-17(25)19(18(12)14)22-21-15-10-13(28(2,26)27)7-9-16(15)24;1-10-16(17(24)22(21-10)12-5-3-4-11(18)8-12)20-19-14-9-13(27(2,25)26)6-7-15(14)23;;/h3-10,24-25H,1-2H3,(H,20,23);3-9,21,23H,1-2H3;;/q;;+3;+1/p-4. The number of H-pyrrole nitrogens is 1. The normalized spacial score (nSPS) is 11.9. The van der Waals surface area contributed by atoms with Gasteiger partial charge in [0.15, 0.2) is 25.4 Å². The topological polar surface area (TPSA) is 260 Å². The maximum atomic E-state index is 12.6. The summed E-state index contributed by atoms with van der Waals surface area (Å²) in [7, 11) is -7.05. The van der Waals surface area contributed by atoms with Gasteiger partial charge in [-0.1, -0.05) is 71.3 Å². The first-order valence-corrected chi connectivity index (χ1v) is 19.9. The predicted molar refractivity (Wildman–Crippen MR) is 199 cm³/mol. The van der Waals surface area contributed by atoms with E-state index in [9.17, 15) is 42.1 Å². The smallest absolute Gasteiger partial charge is 0.871 e. The molecule has 0 aliphatic heterocycles. The molecular weight excluding hydrogens is 849 g/mol. The molecule has 6 rings (SSSR count). The SMILES string of the molecule is CC([O-])=Nc1cccc2ccc([O-])c(N=Nc3cc(S(C)(=O)=O)ccc3[O-])c12.Cc1[nH]n(-c2cccc(Cl)c2)c(=O)c1N=Nc1cc(S(C)(=O)=O)ccc1[O-].[Cr+3].[Na+]. The van der Waals surface area contributed by atoms with Crippen LogP contribution in [0.3, 0.4) is 0 Å². The van der Waals surface area contributed by atoms with Gasteiger partial charge in [0.1, 0.15) is 0 Å². The second-order valence-electron chi connectivity index (χ2n) is 11.8. The minimum Gasteiger partial charge on any atom is -0.871 e. The molecule has 0 unspecified atom stereocenters. The average Bonchev–Trinajstić information content (AvgIpc) is 3.39. The number of rotatable bonds is 8. The van der Waals surface area contributed by atoms with Crippen LogP contribution in [0.25, 0.3) is 16.5 Å². The molecule has 287 valence electrons. The van der Waals surface area contributed by atoms with Crippen LogP contribution >= 0.6 is 11.6 Å². The summed E-state index contributed by atoms with van der Waals surface area (Å²) in [5.41, 5.74) is 0.221. The zero-order valence-corrected chi connectivity index (χ0v) is 36.3. The van der Waals surface area contributed by atoms with E-state index in [1.54, 1.807) is 55.5 Å². The molecule has 0 aliphatic rings. The van der Waals surface area contributed by atoms with E-state index in [2.05, 4.69) is 30.5 Å². The van der Waals surface area contributed by atoms with E-state index >= 15 is 0 Å². The Morgan fingerprint density at radius 3 is 1.75 bits per heavy atom. The van der Waals surface area contributed by atoms with Crippen molar-refractivity contribution < 1.29 is 84.2 Å². The quantitative estimate of drug-likeness (QED) is 0.102. The van der Waals surface area contributed by atoms with Crippen molar-refractivity contribution in [3.05, 3.63) is 112 Å². The van der Waals surface area contributed by atoms with E-state index in [0.717, 1.165) is 36.8 Å². The van der Waals surface area contributed by atoms with Crippen LogP contribution in [-0.4, -0.2) is 45.0 Å². The molecule has 6 aromatic rings. The van der Waals surface area contributed by atoms with Crippen LogP contribution in [0.15, 0.2) is 131 Å². The fourth-order valence-corrected chi connectivity index (χ4v) is 6.42. The Balaban J connectivity index is 0.000000295. The number of aromatic amines is 1. The van der Waals surface area contributed by atoms with Crippen molar-refractivity contribution in [3.8, 4) is 22.9 Å². The van der Waals surface area contributed by atoms with Gasteiger partial charge in [-0.05, 0) is 73.7 Å². The van der Waals surface area contributed by atoms with Crippen LogP contribution in [0.2, 0.25) is 5.02 Å². The van der Waals surface area contributed by atoms with Crippen LogP contribution in [0.5, 0.6) is 17.2 Å². The van der Waals surface area contributed by atoms with E-state index in [1.807, 2.05) is 0 Å². The number of aromatic nitrogens is 2. The average molecular weight is 877 g/mol. The number of benzene rings is 5. The Morgan fingerprint density at radius 1 is 0.702 bits per heavy atom. The molecule has 57 heavy (non-hydrogen) atoms. The van der Waals surface area contributed by atoms with Crippen molar-refractivity contribution in [3.63, 3.8) is 0 Å². The van der Waals surface area contributed by atoms with Crippen molar-refractivity contribution in [2.75, 3.05) is 12.5 Å². The van der Waals surface area contributed by atoms with Gasteiger partial charge in [-0.15, -0.1) is 5.11 Å². The van der Waals surface area contributed by atoms with Gasteiger partial charge in [-0.25, -0.2) is 21.5 Å². The molecule has 0 atom stereocenters. The third kappa shape index (κ3) is 11.4. The number of hydrogen-bond donors (Lipinski definition) is 1. The summed E-state index contributed by atoms with van der Waals surface area (Å²) in [5, 5.41) is 67.3. The van der Waals surface area contributed by atoms with Crippen molar-refractivity contribution >= 4 is 76.4 Å². The Kier molecular flexibility index (Phi) is 15.6. The first-order valence-electron chi connectivity index (χ1n) is 15.7. The fraction of sp³-hybridized carbons (Fsp3) is 0.111. The Labute approximate surface area is 364 Å². The van der Waals surface area contributed by atoms with E-state index < -0.39 is 48.4 Å². The van der Waals surface area contributed by atoms with Gasteiger partial charge >= 0.3 is 46.9 Å². The molecule has 1 N–H and O–H groups in total. The molecule has 5 aromatic carbocycles. The molecule has 0 fully saturated rings. The van der Waals surface area contributed by atoms with Crippen LogP contribution in [-0.2, 0) is 37.0 Å². The summed E-state index contributed by atoms with van der Waals surface area (Å²) in [6.45, 7) is 2.91. The summed E-state index contributed by atoms with van der Waals surface area (Å²) in [5.74, 6) is -1.98. The molecule has 21 heteroatoms. The minimum absolute atomic E-state index is 0. The van der Waals surface area contributed by atoms with Gasteiger partial charge in [-0.3, -0.25) is 14.9 Å². The summed E-state index contributed by atoms with van der Waals surface area (Å²) < 4.78 is 47.9. The molecule has 0 aliphatic carbocycles. The number of nitrogens with one attached hydrogen (secondary N) is 1. The number of fused-ring (bicyclic) bond motifs is 1. The minimum atomic E-state index is -3.54. The van der Waals surface area contributed by atoms with Gasteiger partial charge in [0.05, 0.1) is 43.9 Å². The predicted octanol–water partition coefficient (Wildman–Crippen LogP) is 2.24. The largest absolute Gasteiger partial charge is 3.00 e. The molecule has 0 saturated carbocycles. The third-order valence-electron chi connectivity index (χ3n) is 7.58. The molecule has 1 radical (unpaired) electrons. The first kappa shape index (κ1) is 46.5. The molecule has 0 bridgehead atoms. The number of halogens is 1. The van der Waals surface area contributed by atoms with E-state index in [-0.39, 0.29) is 85.1 Å². The second kappa shape index (κ2) is 19.1. The van der Waals surface area contributed by atoms with Crippen molar-refractivity contribution in [2.45, 2.75) is 23.6 Å². The van der Waals surface area contributed by atoms with Crippen molar-refractivity contribution in [1.82, 2.24) is 9.78 Å². The molecule has 1 aromatic heterocycles. The summed E-state index contributed by atoms with van der Waals surface area (Å²) in [4.78, 5) is 16.3. The summed E-state index contributed by atoms with van der Waals surface area (Å²) in [6, 6.07) is 21.3. The van der Waals surface area contributed by atoms with Crippen LogP contribution in [0.4, 0.5) is 28.4 Å². The number of azo groups is 2. The zero-order chi connectivity index (χ0) is 40.2. The maximum absolute atomic E-state index is 12.6. The van der Waals surface area contributed by atoms with Crippen LogP contribution in [0, 0.1) is 6.92 Å². The van der Waals surface area contributed by atoms with Gasteiger partial charge in [0.25, 0.3) is 5.56 Å². The molecule has 0 amide bonds. The summed E-state index contributed by atoms with van der Waals surface area (Å²) >= 11 is 5.95. The number of sulfone groups is 2. The number of nitrogens with zero attached hydrogens (tertiary/aromatic N) is 6. The fourth-order valence-electron chi connectivity index (χ4n) is 4.96. The van der Waals surface area contributed by atoms with E-state index in [0.29, 0.717) is 27.2 Å². The first-order chi connectivity index (χ1) is 25.8. The molecular formula is C36H28ClCrN7NaO9S2. The maximum Gasteiger partial charge on any atom is 3.00 e. The Hall–Kier alpha value is -4.84. The second-order valence-corrected chi connectivity index (χ2v) is 16.3. The molecule has 1 heterocycles. The van der Waals surface area contributed by atoms with Crippen molar-refractivity contribution in [2.24, 2.45) is 25.4 Å². The van der Waals surface area contributed by atoms with E-state index in [1.165, 1.54) is 29.8 Å².